The van der Waals surface area contributed by atoms with E-state index in [1.165, 1.54) is 22.4 Å². The summed E-state index contributed by atoms with van der Waals surface area (Å²) in [6, 6.07) is 22.7. The molecule has 2 N–H and O–H groups in total. The number of nitrogens with zero attached hydrogens (tertiary/aromatic N) is 3. The van der Waals surface area contributed by atoms with E-state index in [4.69, 9.17) is 34.8 Å². The van der Waals surface area contributed by atoms with E-state index in [1.54, 1.807) is 72.8 Å². The molecule has 2 amide bonds. The van der Waals surface area contributed by atoms with Crippen LogP contribution >= 0.6 is 34.8 Å². The van der Waals surface area contributed by atoms with Crippen molar-refractivity contribution in [2.75, 3.05) is 0 Å². The second kappa shape index (κ2) is 15.9. The minimum atomic E-state index is -1.46. The number of hydrogen-bond acceptors (Lipinski definition) is 5. The van der Waals surface area contributed by atoms with Gasteiger partial charge in [-0.1, -0.05) is 76.7 Å². The van der Waals surface area contributed by atoms with Crippen LogP contribution in [0.15, 0.2) is 97.3 Å². The number of aliphatic hydroxyl groups is 2. The van der Waals surface area contributed by atoms with E-state index in [0.717, 1.165) is 0 Å². The van der Waals surface area contributed by atoms with Crippen molar-refractivity contribution >= 4 is 46.6 Å². The van der Waals surface area contributed by atoms with Gasteiger partial charge in [0.15, 0.2) is 0 Å². The van der Waals surface area contributed by atoms with Gasteiger partial charge in [-0.3, -0.25) is 14.6 Å². The summed E-state index contributed by atoms with van der Waals surface area (Å²) < 4.78 is 0. The zero-order chi connectivity index (χ0) is 36.0. The molecule has 4 atom stereocenters. The largest absolute Gasteiger partial charge is 0.378 e. The summed E-state index contributed by atoms with van der Waals surface area (Å²) in [5.74, 6) is 11.3. The lowest BCUT2D eigenvalue weighted by Gasteiger charge is -2.49. The molecule has 1 heterocycles. The van der Waals surface area contributed by atoms with Crippen LogP contribution in [0.5, 0.6) is 0 Å². The lowest BCUT2D eigenvalue weighted by molar-refractivity contribution is -0.0908. The van der Waals surface area contributed by atoms with Crippen molar-refractivity contribution < 1.29 is 19.8 Å². The smallest absolute Gasteiger partial charge is 0.272 e. The first-order valence-electron chi connectivity index (χ1n) is 16.9. The maximum absolute atomic E-state index is 14.8. The van der Waals surface area contributed by atoms with Gasteiger partial charge >= 0.3 is 0 Å². The maximum atomic E-state index is 14.8. The topological polar surface area (TPSA) is 94.0 Å². The fourth-order valence-electron chi connectivity index (χ4n) is 6.86. The second-order valence-electron chi connectivity index (χ2n) is 13.1. The second-order valence-corrected chi connectivity index (χ2v) is 14.4. The molecule has 0 aliphatic heterocycles. The number of carbonyl (C=O) groups is 2. The molecule has 0 bridgehead atoms. The van der Waals surface area contributed by atoms with Crippen LogP contribution in [0.2, 0.25) is 15.1 Å². The van der Waals surface area contributed by atoms with Gasteiger partial charge in [-0.05, 0) is 105 Å². The van der Waals surface area contributed by atoms with Gasteiger partial charge in [-0.25, -0.2) is 10.0 Å². The van der Waals surface area contributed by atoms with Gasteiger partial charge in [-0.15, -0.1) is 0 Å². The molecule has 0 radical (unpaired) electrons. The summed E-state index contributed by atoms with van der Waals surface area (Å²) in [6.07, 6.45) is 6.07. The fourth-order valence-corrected chi connectivity index (χ4v) is 7.43. The van der Waals surface area contributed by atoms with Crippen LogP contribution in [-0.4, -0.2) is 60.3 Å². The first-order valence-corrected chi connectivity index (χ1v) is 18.0. The minimum absolute atomic E-state index is 0.0819. The normalized spacial score (nSPS) is 22.8. The molecule has 0 saturated heterocycles. The molecule has 2 aliphatic rings. The van der Waals surface area contributed by atoms with E-state index in [9.17, 15) is 19.8 Å². The Balaban J connectivity index is 1.42. The zero-order valence-electron chi connectivity index (χ0n) is 27.7. The quantitative estimate of drug-likeness (QED) is 0.164. The lowest BCUT2D eigenvalue weighted by atomic mass is 9.80. The van der Waals surface area contributed by atoms with E-state index in [2.05, 4.69) is 28.7 Å². The van der Waals surface area contributed by atoms with Crippen LogP contribution in [0.25, 0.3) is 0 Å². The van der Waals surface area contributed by atoms with Crippen LogP contribution in [0.1, 0.15) is 83.2 Å². The van der Waals surface area contributed by atoms with Crippen LogP contribution < -0.4 is 0 Å². The summed E-state index contributed by atoms with van der Waals surface area (Å²) in [4.78, 5) is 33.6. The molecule has 10 heteroatoms. The zero-order valence-corrected chi connectivity index (χ0v) is 30.0. The van der Waals surface area contributed by atoms with Gasteiger partial charge in [0.2, 0.25) is 0 Å². The van der Waals surface area contributed by atoms with Crippen LogP contribution in [0.4, 0.5) is 0 Å². The van der Waals surface area contributed by atoms with E-state index >= 15 is 0 Å². The predicted octanol–water partition coefficient (Wildman–Crippen LogP) is 7.99. The standard InChI is InChI=1S/C41H36Cl3N3O4/c42-33-9-1-6-29(24-33)14-20-40(50)18-4-12-36(27-40)46(38(48)31-16-22-45-23-17-31)47(39(49)32-8-3-11-35(44)26-32)37-13-5-19-41(51,28-37)21-15-30-7-2-10-34(43)25-30/h1-3,6-11,16-17,22-26,36-37,50-51H,4-5,12-13,18-19,27-28H2/t36-,37-,40+,41+/m0/s1. The van der Waals surface area contributed by atoms with Gasteiger partial charge in [0.1, 0.15) is 11.2 Å². The molecule has 4 aromatic rings. The van der Waals surface area contributed by atoms with Gasteiger partial charge in [0.05, 0.1) is 12.1 Å². The average molecular weight is 741 g/mol. The SMILES string of the molecule is O=C(c1ccncc1)N([C@H]1CCC[C@@](O)(C#Cc2cccc(Cl)c2)C1)N(C(=O)c1cccc(Cl)c1)[C@H]1CCC[C@@](O)(C#Cc2cccc(Cl)c2)C1. The van der Waals surface area contributed by atoms with Crippen molar-refractivity contribution in [3.05, 3.63) is 135 Å². The van der Waals surface area contributed by atoms with Gasteiger partial charge in [-0.2, -0.15) is 0 Å². The molecule has 260 valence electrons. The number of carbonyl (C=O) groups excluding carboxylic acids is 2. The highest BCUT2D eigenvalue weighted by Crippen LogP contribution is 2.38. The maximum Gasteiger partial charge on any atom is 0.272 e. The van der Waals surface area contributed by atoms with Crippen molar-refractivity contribution in [3.63, 3.8) is 0 Å². The number of hydrazine groups is 1. The highest BCUT2D eigenvalue weighted by Gasteiger charge is 2.46. The van der Waals surface area contributed by atoms with Crippen LogP contribution in [0, 0.1) is 23.7 Å². The average Bonchev–Trinajstić information content (AvgIpc) is 3.12. The third-order valence-electron chi connectivity index (χ3n) is 9.27. The monoisotopic (exact) mass is 739 g/mol. The Morgan fingerprint density at radius 3 is 1.57 bits per heavy atom. The number of hydrogen-bond donors (Lipinski definition) is 2. The van der Waals surface area contributed by atoms with Crippen LogP contribution in [-0.2, 0) is 0 Å². The third kappa shape index (κ3) is 9.13. The van der Waals surface area contributed by atoms with E-state index in [-0.39, 0.29) is 18.4 Å². The molecule has 2 fully saturated rings. The molecule has 2 aliphatic carbocycles. The Morgan fingerprint density at radius 1 is 0.647 bits per heavy atom. The van der Waals surface area contributed by atoms with Crippen LogP contribution in [0.3, 0.4) is 0 Å². The van der Waals surface area contributed by atoms with Crippen molar-refractivity contribution in [1.29, 1.82) is 0 Å². The molecule has 0 spiro atoms. The highest BCUT2D eigenvalue weighted by atomic mass is 35.5. The Morgan fingerprint density at radius 2 is 1.10 bits per heavy atom. The first-order chi connectivity index (χ1) is 24.5. The number of rotatable bonds is 4. The fraction of sp³-hybridized carbons (Fsp3) is 0.293. The molecular weight excluding hydrogens is 705 g/mol. The Hall–Kier alpha value is -4.34. The highest BCUT2D eigenvalue weighted by molar-refractivity contribution is 6.31. The number of benzene rings is 3. The summed E-state index contributed by atoms with van der Waals surface area (Å²) in [5.41, 5.74) is -1.01. The molecule has 2 saturated carbocycles. The summed E-state index contributed by atoms with van der Waals surface area (Å²) in [5, 5.41) is 28.2. The van der Waals surface area contributed by atoms with Crippen molar-refractivity contribution in [3.8, 4) is 23.7 Å². The Bertz CT molecular complexity index is 2040. The molecule has 3 aromatic carbocycles. The van der Waals surface area contributed by atoms with Gasteiger partial charge in [0, 0.05) is 62.6 Å². The number of aromatic nitrogens is 1. The lowest BCUT2D eigenvalue weighted by Crippen LogP contribution is -2.62. The van der Waals surface area contributed by atoms with Gasteiger partial charge < -0.3 is 10.2 Å². The van der Waals surface area contributed by atoms with Crippen molar-refractivity contribution in [1.82, 2.24) is 15.0 Å². The number of halogens is 3. The minimum Gasteiger partial charge on any atom is -0.378 e. The Kier molecular flexibility index (Phi) is 11.4. The van der Waals surface area contributed by atoms with Crippen molar-refractivity contribution in [2.45, 2.75) is 74.7 Å². The third-order valence-corrected chi connectivity index (χ3v) is 9.97. The van der Waals surface area contributed by atoms with E-state index in [0.29, 0.717) is 70.3 Å². The molecule has 51 heavy (non-hydrogen) atoms. The molecule has 1 aromatic heterocycles. The van der Waals surface area contributed by atoms with Gasteiger partial charge in [0.25, 0.3) is 11.8 Å². The summed E-state index contributed by atoms with van der Waals surface area (Å²) in [7, 11) is 0. The Labute approximate surface area is 313 Å². The molecule has 0 unspecified atom stereocenters. The summed E-state index contributed by atoms with van der Waals surface area (Å²) in [6.45, 7) is 0. The number of amides is 2. The summed E-state index contributed by atoms with van der Waals surface area (Å²) >= 11 is 18.7. The van der Waals surface area contributed by atoms with E-state index in [1.807, 2.05) is 12.1 Å². The first kappa shape index (κ1) is 36.5. The predicted molar refractivity (Wildman–Crippen MR) is 199 cm³/mol. The van der Waals surface area contributed by atoms with E-state index < -0.39 is 35.1 Å². The van der Waals surface area contributed by atoms with Crippen molar-refractivity contribution in [2.24, 2.45) is 0 Å². The molecule has 7 nitrogen and oxygen atoms in total. The molecular formula is C41H36Cl3N3O4. The number of pyridine rings is 1. The molecule has 6 rings (SSSR count).